The number of alkyl halides is 3. The van der Waals surface area contributed by atoms with E-state index in [0.717, 1.165) is 33.5 Å². The van der Waals surface area contributed by atoms with Crippen LogP contribution in [-0.4, -0.2) is 76.7 Å². The molecule has 12 heteroatoms. The van der Waals surface area contributed by atoms with E-state index in [1.807, 2.05) is 0 Å². The minimum atomic E-state index is -5.18. The molecule has 2 N–H and O–H groups in total. The molecule has 1 aliphatic rings. The van der Waals surface area contributed by atoms with Crippen LogP contribution in [-0.2, 0) is 14.8 Å². The number of piperazine rings is 1. The summed E-state index contributed by atoms with van der Waals surface area (Å²) >= 11 is 0. The highest BCUT2D eigenvalue weighted by atomic mass is 32.2. The highest BCUT2D eigenvalue weighted by molar-refractivity contribution is 7.89. The van der Waals surface area contributed by atoms with Gasteiger partial charge in [-0.25, -0.2) is 13.2 Å². The molecule has 8 nitrogen and oxygen atoms in total. The SMILES string of the molecule is CC1CN(C(=O)[C@@](C)(O)C(F)(F)F)[C@@H](C)CN1S(=O)(=O)c1ccc(C(=O)O)cc1. The van der Waals surface area contributed by atoms with Gasteiger partial charge in [-0.2, -0.15) is 17.5 Å². The maximum Gasteiger partial charge on any atom is 0.426 e. The third-order valence-electron chi connectivity index (χ3n) is 4.87. The van der Waals surface area contributed by atoms with Crippen molar-refractivity contribution >= 4 is 21.9 Å². The number of aromatic carboxylic acids is 1. The van der Waals surface area contributed by atoms with Gasteiger partial charge in [0, 0.05) is 25.2 Å². The largest absolute Gasteiger partial charge is 0.478 e. The lowest BCUT2D eigenvalue weighted by atomic mass is 10.0. The standard InChI is InChI=1S/C17H21F3N2O6S/c1-10-9-22(29(27,28)13-6-4-12(5-7-13)14(23)24)11(2)8-21(10)15(25)16(3,26)17(18,19)20/h4-7,10-11,26H,8-9H2,1-3H3,(H,23,24)/t10-,11?,16+/m0/s1. The molecule has 29 heavy (non-hydrogen) atoms. The number of carboxylic acid groups (broad SMARTS) is 1. The fourth-order valence-corrected chi connectivity index (χ4v) is 4.72. The van der Waals surface area contributed by atoms with Crippen molar-refractivity contribution in [1.82, 2.24) is 9.21 Å². The van der Waals surface area contributed by atoms with Gasteiger partial charge in [-0.05, 0) is 45.0 Å². The first-order chi connectivity index (χ1) is 13.1. The molecule has 2 rings (SSSR count). The monoisotopic (exact) mass is 438 g/mol. The third-order valence-corrected chi connectivity index (χ3v) is 6.86. The van der Waals surface area contributed by atoms with E-state index in [1.165, 1.54) is 13.8 Å². The van der Waals surface area contributed by atoms with Crippen molar-refractivity contribution in [2.45, 2.75) is 49.5 Å². The van der Waals surface area contributed by atoms with Gasteiger partial charge in [-0.15, -0.1) is 0 Å². The molecule has 3 atom stereocenters. The van der Waals surface area contributed by atoms with Crippen LogP contribution in [0.25, 0.3) is 0 Å². The van der Waals surface area contributed by atoms with Crippen LogP contribution in [0.4, 0.5) is 13.2 Å². The number of halogens is 3. The Morgan fingerprint density at radius 1 is 1.07 bits per heavy atom. The number of benzene rings is 1. The Bertz CT molecular complexity index is 899. The summed E-state index contributed by atoms with van der Waals surface area (Å²) < 4.78 is 65.8. The minimum Gasteiger partial charge on any atom is -0.478 e. The summed E-state index contributed by atoms with van der Waals surface area (Å²) in [5.74, 6) is -2.77. The van der Waals surface area contributed by atoms with Crippen molar-refractivity contribution < 1.29 is 41.4 Å². The second kappa shape index (κ2) is 7.58. The van der Waals surface area contributed by atoms with Crippen LogP contribution in [0.15, 0.2) is 29.2 Å². The van der Waals surface area contributed by atoms with Crippen molar-refractivity contribution in [2.24, 2.45) is 0 Å². The molecule has 162 valence electrons. The van der Waals surface area contributed by atoms with Crippen molar-refractivity contribution in [2.75, 3.05) is 13.1 Å². The summed E-state index contributed by atoms with van der Waals surface area (Å²) in [4.78, 5) is 23.8. The van der Waals surface area contributed by atoms with E-state index in [2.05, 4.69) is 0 Å². The van der Waals surface area contributed by atoms with Gasteiger partial charge in [0.2, 0.25) is 15.6 Å². The van der Waals surface area contributed by atoms with Crippen LogP contribution in [0.5, 0.6) is 0 Å². The van der Waals surface area contributed by atoms with Crippen LogP contribution < -0.4 is 0 Å². The first kappa shape index (κ1) is 23.1. The lowest BCUT2D eigenvalue weighted by Gasteiger charge is -2.45. The fraction of sp³-hybridized carbons (Fsp3) is 0.529. The molecule has 1 amide bonds. The van der Waals surface area contributed by atoms with Crippen molar-refractivity contribution in [1.29, 1.82) is 0 Å². The summed E-state index contributed by atoms with van der Waals surface area (Å²) in [6.07, 6.45) is -5.18. The number of amides is 1. The van der Waals surface area contributed by atoms with E-state index in [9.17, 15) is 36.3 Å². The van der Waals surface area contributed by atoms with E-state index in [1.54, 1.807) is 0 Å². The number of carbonyl (C=O) groups excluding carboxylic acids is 1. The molecule has 0 aliphatic carbocycles. The van der Waals surface area contributed by atoms with E-state index < -0.39 is 45.8 Å². The minimum absolute atomic E-state index is 0.102. The van der Waals surface area contributed by atoms with Gasteiger partial charge in [-0.1, -0.05) is 0 Å². The fourth-order valence-electron chi connectivity index (χ4n) is 3.02. The van der Waals surface area contributed by atoms with Crippen LogP contribution >= 0.6 is 0 Å². The second-order valence-corrected chi connectivity index (χ2v) is 9.02. The van der Waals surface area contributed by atoms with Crippen molar-refractivity contribution in [3.8, 4) is 0 Å². The highest BCUT2D eigenvalue weighted by Crippen LogP contribution is 2.34. The lowest BCUT2D eigenvalue weighted by molar-refractivity contribution is -0.251. The number of carboxylic acids is 1. The summed E-state index contributed by atoms with van der Waals surface area (Å²) in [5, 5.41) is 18.6. The number of carbonyl (C=O) groups is 2. The number of nitrogens with zero attached hydrogens (tertiary/aromatic N) is 2. The molecule has 1 fully saturated rings. The Labute approximate surface area is 165 Å². The van der Waals surface area contributed by atoms with Crippen LogP contribution in [0.3, 0.4) is 0 Å². The Kier molecular flexibility index (Phi) is 6.04. The van der Waals surface area contributed by atoms with E-state index in [4.69, 9.17) is 5.11 Å². The predicted octanol–water partition coefficient (Wildman–Crippen LogP) is 1.31. The molecule has 0 aromatic heterocycles. The number of aliphatic hydroxyl groups is 1. The quantitative estimate of drug-likeness (QED) is 0.733. The van der Waals surface area contributed by atoms with E-state index >= 15 is 0 Å². The van der Waals surface area contributed by atoms with Gasteiger partial charge in [0.25, 0.3) is 5.91 Å². The van der Waals surface area contributed by atoms with Crippen molar-refractivity contribution in [3.05, 3.63) is 29.8 Å². The molecule has 0 saturated carbocycles. The molecule has 1 unspecified atom stereocenters. The predicted molar refractivity (Wildman–Crippen MR) is 94.6 cm³/mol. The van der Waals surface area contributed by atoms with E-state index in [0.29, 0.717) is 6.92 Å². The topological polar surface area (TPSA) is 115 Å². The molecule has 1 heterocycles. The van der Waals surface area contributed by atoms with E-state index in [-0.39, 0.29) is 23.5 Å². The lowest BCUT2D eigenvalue weighted by Crippen LogP contribution is -2.65. The third kappa shape index (κ3) is 4.23. The number of hydrogen-bond acceptors (Lipinski definition) is 5. The maximum absolute atomic E-state index is 13.0. The van der Waals surface area contributed by atoms with Gasteiger partial charge < -0.3 is 15.1 Å². The van der Waals surface area contributed by atoms with Crippen molar-refractivity contribution in [3.63, 3.8) is 0 Å². The Hall–Kier alpha value is -2.18. The molecular weight excluding hydrogens is 417 g/mol. The average Bonchev–Trinajstić information content (AvgIpc) is 2.61. The second-order valence-electron chi connectivity index (χ2n) is 7.13. The van der Waals surface area contributed by atoms with Gasteiger partial charge in [0.15, 0.2) is 0 Å². The summed E-state index contributed by atoms with van der Waals surface area (Å²) in [5.41, 5.74) is -3.69. The zero-order valence-electron chi connectivity index (χ0n) is 15.8. The van der Waals surface area contributed by atoms with Crippen LogP contribution in [0, 0.1) is 0 Å². The Morgan fingerprint density at radius 3 is 2.03 bits per heavy atom. The first-order valence-electron chi connectivity index (χ1n) is 8.56. The molecule has 1 aromatic carbocycles. The molecule has 1 aliphatic heterocycles. The number of sulfonamides is 1. The zero-order valence-corrected chi connectivity index (χ0v) is 16.7. The summed E-state index contributed by atoms with van der Waals surface area (Å²) in [6.45, 7) is 2.53. The van der Waals surface area contributed by atoms with Crippen LogP contribution in [0.1, 0.15) is 31.1 Å². The normalized spacial score (nSPS) is 23.5. The summed E-state index contributed by atoms with van der Waals surface area (Å²) in [7, 11) is -4.08. The Balaban J connectivity index is 2.27. The maximum atomic E-state index is 13.0. The molecule has 0 radical (unpaired) electrons. The molecule has 0 bridgehead atoms. The zero-order chi connectivity index (χ0) is 22.4. The first-order valence-corrected chi connectivity index (χ1v) is 10.00. The molecular formula is C17H21F3N2O6S. The highest BCUT2D eigenvalue weighted by Gasteiger charge is 2.58. The molecule has 0 spiro atoms. The van der Waals surface area contributed by atoms with Gasteiger partial charge in [0.1, 0.15) is 0 Å². The van der Waals surface area contributed by atoms with Crippen LogP contribution in [0.2, 0.25) is 0 Å². The van der Waals surface area contributed by atoms with Gasteiger partial charge >= 0.3 is 12.1 Å². The smallest absolute Gasteiger partial charge is 0.426 e. The Morgan fingerprint density at radius 2 is 1.59 bits per heavy atom. The summed E-state index contributed by atoms with van der Waals surface area (Å²) in [6, 6.07) is 2.71. The number of hydrogen-bond donors (Lipinski definition) is 2. The molecule has 1 aromatic rings. The number of rotatable bonds is 4. The van der Waals surface area contributed by atoms with Gasteiger partial charge in [-0.3, -0.25) is 4.79 Å². The van der Waals surface area contributed by atoms with Gasteiger partial charge in [0.05, 0.1) is 10.5 Å². The average molecular weight is 438 g/mol. The molecule has 1 saturated heterocycles.